The first-order chi connectivity index (χ1) is 9.90. The normalized spacial score (nSPS) is 16.3. The number of nitrogens with two attached hydrogens (primary N) is 1. The van der Waals surface area contributed by atoms with Crippen LogP contribution in [0, 0.1) is 5.82 Å². The van der Waals surface area contributed by atoms with Gasteiger partial charge < -0.3 is 16.4 Å². The van der Waals surface area contributed by atoms with Gasteiger partial charge in [0, 0.05) is 12.6 Å². The van der Waals surface area contributed by atoms with Gasteiger partial charge in [-0.05, 0) is 31.0 Å². The summed E-state index contributed by atoms with van der Waals surface area (Å²) in [5, 5.41) is 5.09. The fraction of sp³-hybridized carbons (Fsp3) is 0.467. The molecule has 4 N–H and O–H groups in total. The third-order valence-corrected chi connectivity index (χ3v) is 3.73. The molecular formula is C15H21ClFN3O2. The first-order valence-electron chi connectivity index (χ1n) is 7.08. The molecule has 0 radical (unpaired) electrons. The van der Waals surface area contributed by atoms with Crippen molar-refractivity contribution in [3.63, 3.8) is 0 Å². The second-order valence-electron chi connectivity index (χ2n) is 5.55. The molecule has 0 heterocycles. The number of rotatable bonds is 3. The van der Waals surface area contributed by atoms with Gasteiger partial charge in [0.2, 0.25) is 11.8 Å². The summed E-state index contributed by atoms with van der Waals surface area (Å²) < 4.78 is 13.5. The van der Waals surface area contributed by atoms with Crippen LogP contribution in [0.4, 0.5) is 15.8 Å². The monoisotopic (exact) mass is 329 g/mol. The van der Waals surface area contributed by atoms with E-state index in [4.69, 9.17) is 5.73 Å². The zero-order chi connectivity index (χ0) is 15.5. The van der Waals surface area contributed by atoms with Gasteiger partial charge in [-0.3, -0.25) is 9.59 Å². The Hall–Kier alpha value is -1.66. The van der Waals surface area contributed by atoms with Crippen molar-refractivity contribution in [1.29, 1.82) is 0 Å². The Morgan fingerprint density at radius 2 is 1.82 bits per heavy atom. The molecule has 1 saturated carbocycles. The van der Waals surface area contributed by atoms with E-state index in [0.29, 0.717) is 18.5 Å². The summed E-state index contributed by atoms with van der Waals surface area (Å²) in [5.41, 5.74) is 5.74. The van der Waals surface area contributed by atoms with Crippen molar-refractivity contribution in [2.45, 2.75) is 44.6 Å². The zero-order valence-electron chi connectivity index (χ0n) is 12.4. The van der Waals surface area contributed by atoms with E-state index in [2.05, 4.69) is 10.6 Å². The average Bonchev–Trinajstić information content (AvgIpc) is 2.43. The van der Waals surface area contributed by atoms with Crippen molar-refractivity contribution in [2.24, 2.45) is 5.73 Å². The highest BCUT2D eigenvalue weighted by molar-refractivity contribution is 5.99. The molecule has 22 heavy (non-hydrogen) atoms. The number of nitrogens with one attached hydrogen (secondary N) is 2. The van der Waals surface area contributed by atoms with Crippen LogP contribution >= 0.6 is 12.4 Å². The molecule has 0 aliphatic heterocycles. The Balaban J connectivity index is 0.00000242. The van der Waals surface area contributed by atoms with Gasteiger partial charge in [0.15, 0.2) is 0 Å². The van der Waals surface area contributed by atoms with E-state index in [1.165, 1.54) is 25.1 Å². The number of hydrogen-bond acceptors (Lipinski definition) is 3. The minimum Gasteiger partial charge on any atom is -0.324 e. The molecule has 1 fully saturated rings. The third kappa shape index (κ3) is 4.42. The smallest absolute Gasteiger partial charge is 0.244 e. The van der Waals surface area contributed by atoms with E-state index < -0.39 is 11.4 Å². The van der Waals surface area contributed by atoms with Gasteiger partial charge in [-0.25, -0.2) is 4.39 Å². The minimum atomic E-state index is -0.860. The summed E-state index contributed by atoms with van der Waals surface area (Å²) in [6, 6.07) is 4.04. The van der Waals surface area contributed by atoms with E-state index >= 15 is 0 Å². The first-order valence-corrected chi connectivity index (χ1v) is 7.08. The highest BCUT2D eigenvalue weighted by Gasteiger charge is 2.35. The molecular weight excluding hydrogens is 309 g/mol. The van der Waals surface area contributed by atoms with Crippen molar-refractivity contribution in [1.82, 2.24) is 0 Å². The summed E-state index contributed by atoms with van der Waals surface area (Å²) in [7, 11) is 0. The van der Waals surface area contributed by atoms with Crippen LogP contribution in [-0.4, -0.2) is 17.4 Å². The number of anilines is 2. The number of halogens is 2. The number of carbonyl (C=O) groups is 2. The molecule has 1 aliphatic rings. The summed E-state index contributed by atoms with van der Waals surface area (Å²) in [6.45, 7) is 1.29. The third-order valence-electron chi connectivity index (χ3n) is 3.73. The van der Waals surface area contributed by atoms with Crippen LogP contribution in [0.25, 0.3) is 0 Å². The predicted octanol–water partition coefficient (Wildman–Crippen LogP) is 2.81. The Morgan fingerprint density at radius 3 is 2.41 bits per heavy atom. The Morgan fingerprint density at radius 1 is 1.18 bits per heavy atom. The van der Waals surface area contributed by atoms with Crippen LogP contribution in [0.2, 0.25) is 0 Å². The maximum atomic E-state index is 13.5. The molecule has 122 valence electrons. The summed E-state index contributed by atoms with van der Waals surface area (Å²) >= 11 is 0. The lowest BCUT2D eigenvalue weighted by molar-refractivity contribution is -0.122. The number of carbonyl (C=O) groups excluding carboxylic acids is 2. The molecule has 0 saturated heterocycles. The van der Waals surface area contributed by atoms with E-state index in [0.717, 1.165) is 19.3 Å². The van der Waals surface area contributed by atoms with Crippen molar-refractivity contribution in [3.8, 4) is 0 Å². The van der Waals surface area contributed by atoms with Gasteiger partial charge in [-0.1, -0.05) is 19.3 Å². The molecule has 0 unspecified atom stereocenters. The van der Waals surface area contributed by atoms with Gasteiger partial charge in [0.1, 0.15) is 5.82 Å². The maximum Gasteiger partial charge on any atom is 0.244 e. The Labute approximate surface area is 135 Å². The van der Waals surface area contributed by atoms with Gasteiger partial charge in [-0.2, -0.15) is 0 Å². The van der Waals surface area contributed by atoms with Gasteiger partial charge in [-0.15, -0.1) is 12.4 Å². The van der Waals surface area contributed by atoms with E-state index in [1.54, 1.807) is 0 Å². The summed E-state index contributed by atoms with van der Waals surface area (Å²) in [5.74, 6) is -1.19. The predicted molar refractivity (Wildman–Crippen MR) is 86.6 cm³/mol. The number of hydrogen-bond donors (Lipinski definition) is 3. The SMILES string of the molecule is CC(=O)Nc1cc(NC(=O)C2(N)CCCCC2)ccc1F.Cl. The topological polar surface area (TPSA) is 84.2 Å². The standard InChI is InChI=1S/C15H20FN3O2.ClH/c1-10(20)18-13-9-11(5-6-12(13)16)19-14(21)15(17)7-3-2-4-8-15;/h5-6,9H,2-4,7-8,17H2,1H3,(H,18,20)(H,19,21);1H. The van der Waals surface area contributed by atoms with Crippen LogP contribution in [0.5, 0.6) is 0 Å². The number of benzene rings is 1. The molecule has 7 heteroatoms. The average molecular weight is 330 g/mol. The molecule has 1 aliphatic carbocycles. The molecule has 2 rings (SSSR count). The summed E-state index contributed by atoms with van der Waals surface area (Å²) in [4.78, 5) is 23.3. The molecule has 0 bridgehead atoms. The highest BCUT2D eigenvalue weighted by Crippen LogP contribution is 2.28. The van der Waals surface area contributed by atoms with E-state index in [-0.39, 0.29) is 29.9 Å². The molecule has 2 amide bonds. The summed E-state index contributed by atoms with van der Waals surface area (Å²) in [6.07, 6.45) is 4.27. The lowest BCUT2D eigenvalue weighted by Gasteiger charge is -2.31. The second-order valence-corrected chi connectivity index (χ2v) is 5.55. The van der Waals surface area contributed by atoms with Gasteiger partial charge in [0.25, 0.3) is 0 Å². The molecule has 0 spiro atoms. The van der Waals surface area contributed by atoms with Crippen LogP contribution in [0.3, 0.4) is 0 Å². The molecule has 0 aromatic heterocycles. The quantitative estimate of drug-likeness (QED) is 0.797. The highest BCUT2D eigenvalue weighted by atomic mass is 35.5. The lowest BCUT2D eigenvalue weighted by atomic mass is 9.82. The number of amides is 2. The molecule has 1 aromatic rings. The van der Waals surface area contributed by atoms with Crippen molar-refractivity contribution in [3.05, 3.63) is 24.0 Å². The van der Waals surface area contributed by atoms with Gasteiger partial charge >= 0.3 is 0 Å². The lowest BCUT2D eigenvalue weighted by Crippen LogP contribution is -2.52. The molecule has 1 aromatic carbocycles. The van der Waals surface area contributed by atoms with Crippen LogP contribution < -0.4 is 16.4 Å². The second kappa shape index (κ2) is 7.56. The van der Waals surface area contributed by atoms with E-state index in [9.17, 15) is 14.0 Å². The van der Waals surface area contributed by atoms with Crippen molar-refractivity contribution < 1.29 is 14.0 Å². The van der Waals surface area contributed by atoms with Crippen molar-refractivity contribution in [2.75, 3.05) is 10.6 Å². The Bertz CT molecular complexity index is 560. The molecule has 5 nitrogen and oxygen atoms in total. The van der Waals surface area contributed by atoms with Crippen LogP contribution in [-0.2, 0) is 9.59 Å². The fourth-order valence-electron chi connectivity index (χ4n) is 2.55. The van der Waals surface area contributed by atoms with Gasteiger partial charge in [0.05, 0.1) is 11.2 Å². The van der Waals surface area contributed by atoms with Crippen LogP contribution in [0.1, 0.15) is 39.0 Å². The zero-order valence-corrected chi connectivity index (χ0v) is 13.3. The van der Waals surface area contributed by atoms with Crippen LogP contribution in [0.15, 0.2) is 18.2 Å². The first kappa shape index (κ1) is 18.4. The maximum absolute atomic E-state index is 13.5. The minimum absolute atomic E-state index is 0. The van der Waals surface area contributed by atoms with Crippen molar-refractivity contribution >= 4 is 35.6 Å². The largest absolute Gasteiger partial charge is 0.324 e. The Kier molecular flexibility index (Phi) is 6.32. The molecule has 0 atom stereocenters. The fourth-order valence-corrected chi connectivity index (χ4v) is 2.55. The van der Waals surface area contributed by atoms with E-state index in [1.807, 2.05) is 0 Å².